The van der Waals surface area contributed by atoms with Crippen LogP contribution in [0.2, 0.25) is 0 Å². The van der Waals surface area contributed by atoms with E-state index in [0.717, 1.165) is 56.1 Å². The first-order valence-electron chi connectivity index (χ1n) is 11.9. The van der Waals surface area contributed by atoms with Gasteiger partial charge >= 0.3 is 6.61 Å². The molecule has 32 heavy (non-hydrogen) atoms. The smallest absolute Gasteiger partial charge is 0.387 e. The van der Waals surface area contributed by atoms with Gasteiger partial charge in [0.25, 0.3) is 0 Å². The summed E-state index contributed by atoms with van der Waals surface area (Å²) >= 11 is 0. The van der Waals surface area contributed by atoms with E-state index in [9.17, 15) is 18.7 Å². The first kappa shape index (κ1) is 21.8. The van der Waals surface area contributed by atoms with E-state index in [2.05, 4.69) is 24.7 Å². The van der Waals surface area contributed by atoms with Crippen LogP contribution in [0.1, 0.15) is 64.4 Å². The van der Waals surface area contributed by atoms with Crippen molar-refractivity contribution in [2.75, 3.05) is 0 Å². The molecule has 6 unspecified atom stereocenters. The van der Waals surface area contributed by atoms with Gasteiger partial charge in [-0.3, -0.25) is 4.79 Å². The summed E-state index contributed by atoms with van der Waals surface area (Å²) in [6, 6.07) is 6.51. The number of aliphatic hydroxyl groups is 1. The highest BCUT2D eigenvalue weighted by Gasteiger charge is 2.59. The maximum atomic E-state index is 13.5. The first-order valence-corrected chi connectivity index (χ1v) is 11.9. The molecule has 172 valence electrons. The van der Waals surface area contributed by atoms with Gasteiger partial charge in [0.1, 0.15) is 5.75 Å². The minimum Gasteiger partial charge on any atom is -0.435 e. The monoisotopic (exact) mass is 442 g/mol. The van der Waals surface area contributed by atoms with Gasteiger partial charge in [-0.2, -0.15) is 8.78 Å². The van der Waals surface area contributed by atoms with Crippen LogP contribution in [-0.2, 0) is 4.79 Å². The first-order chi connectivity index (χ1) is 15.2. The Morgan fingerprint density at radius 3 is 2.50 bits per heavy atom. The number of alkyl halides is 2. The summed E-state index contributed by atoms with van der Waals surface area (Å²) in [5, 5.41) is 10.2. The molecule has 6 atom stereocenters. The highest BCUT2D eigenvalue weighted by atomic mass is 19.3. The molecule has 5 heteroatoms. The Labute approximate surface area is 188 Å². The van der Waals surface area contributed by atoms with E-state index in [0.29, 0.717) is 17.8 Å². The molecule has 1 N–H and O–H groups in total. The molecule has 1 aromatic carbocycles. The zero-order chi connectivity index (χ0) is 22.7. The number of carbonyl (C=O) groups is 1. The van der Waals surface area contributed by atoms with E-state index in [1.54, 1.807) is 12.1 Å². The SMILES string of the molecule is CC12CCC3C(CC=C4CC(O)CCC43C)C1C/C(=C/c1ccc(OC(F)F)cc1)C2=O. The lowest BCUT2D eigenvalue weighted by Gasteiger charge is -2.56. The van der Waals surface area contributed by atoms with Crippen LogP contribution in [0.4, 0.5) is 8.78 Å². The van der Waals surface area contributed by atoms with E-state index in [1.807, 2.05) is 6.08 Å². The Kier molecular flexibility index (Phi) is 5.31. The Morgan fingerprint density at radius 1 is 1.06 bits per heavy atom. The van der Waals surface area contributed by atoms with Crippen molar-refractivity contribution in [3.8, 4) is 5.75 Å². The summed E-state index contributed by atoms with van der Waals surface area (Å²) in [4.78, 5) is 13.5. The Morgan fingerprint density at radius 2 is 1.78 bits per heavy atom. The zero-order valence-electron chi connectivity index (χ0n) is 18.8. The molecule has 0 heterocycles. The molecule has 0 aromatic heterocycles. The number of benzene rings is 1. The molecule has 0 amide bonds. The summed E-state index contributed by atoms with van der Waals surface area (Å²) < 4.78 is 29.2. The van der Waals surface area contributed by atoms with Crippen LogP contribution in [0.3, 0.4) is 0 Å². The predicted molar refractivity (Wildman–Crippen MR) is 119 cm³/mol. The second kappa shape index (κ2) is 7.79. The van der Waals surface area contributed by atoms with E-state index in [1.165, 1.54) is 17.7 Å². The summed E-state index contributed by atoms with van der Waals surface area (Å²) in [6.07, 6.45) is 10.6. The maximum absolute atomic E-state index is 13.5. The van der Waals surface area contributed by atoms with Crippen molar-refractivity contribution in [2.24, 2.45) is 28.6 Å². The van der Waals surface area contributed by atoms with Gasteiger partial charge in [-0.15, -0.1) is 0 Å². The van der Waals surface area contributed by atoms with Crippen molar-refractivity contribution in [3.05, 3.63) is 47.1 Å². The highest BCUT2D eigenvalue weighted by Crippen LogP contribution is 2.64. The van der Waals surface area contributed by atoms with Gasteiger partial charge in [-0.05, 0) is 97.5 Å². The fourth-order valence-electron chi connectivity index (χ4n) is 7.39. The van der Waals surface area contributed by atoms with Crippen LogP contribution < -0.4 is 4.74 Å². The number of halogens is 2. The molecule has 0 saturated heterocycles. The third kappa shape index (κ3) is 3.44. The Bertz CT molecular complexity index is 966. The lowest BCUT2D eigenvalue weighted by atomic mass is 9.48. The van der Waals surface area contributed by atoms with Crippen LogP contribution in [0.25, 0.3) is 6.08 Å². The van der Waals surface area contributed by atoms with Crippen molar-refractivity contribution in [3.63, 3.8) is 0 Å². The number of hydrogen-bond acceptors (Lipinski definition) is 3. The number of ketones is 1. The van der Waals surface area contributed by atoms with Crippen LogP contribution in [0, 0.1) is 28.6 Å². The quantitative estimate of drug-likeness (QED) is 0.450. The van der Waals surface area contributed by atoms with Crippen molar-refractivity contribution in [1.82, 2.24) is 0 Å². The molecule has 0 bridgehead atoms. The molecule has 4 aliphatic carbocycles. The van der Waals surface area contributed by atoms with E-state index in [-0.39, 0.29) is 28.5 Å². The van der Waals surface area contributed by atoms with Gasteiger partial charge in [0, 0.05) is 5.41 Å². The number of carbonyl (C=O) groups excluding carboxylic acids is 1. The normalized spacial score (nSPS) is 40.0. The fraction of sp³-hybridized carbons (Fsp3) is 0.593. The van der Waals surface area contributed by atoms with Crippen molar-refractivity contribution >= 4 is 11.9 Å². The zero-order valence-corrected chi connectivity index (χ0v) is 18.8. The fourth-order valence-corrected chi connectivity index (χ4v) is 7.39. The van der Waals surface area contributed by atoms with Gasteiger partial charge in [0.15, 0.2) is 5.78 Å². The lowest BCUT2D eigenvalue weighted by Crippen LogP contribution is -2.50. The van der Waals surface area contributed by atoms with Crippen LogP contribution in [0.15, 0.2) is 41.5 Å². The van der Waals surface area contributed by atoms with Gasteiger partial charge in [0.2, 0.25) is 0 Å². The number of hydrogen-bond donors (Lipinski definition) is 1. The molecular weight excluding hydrogens is 410 g/mol. The van der Waals surface area contributed by atoms with Crippen molar-refractivity contribution in [1.29, 1.82) is 0 Å². The molecule has 5 rings (SSSR count). The average molecular weight is 443 g/mol. The van der Waals surface area contributed by atoms with Crippen LogP contribution in [0.5, 0.6) is 5.75 Å². The topological polar surface area (TPSA) is 46.5 Å². The molecule has 0 aliphatic heterocycles. The molecule has 3 fully saturated rings. The molecule has 4 aliphatic rings. The number of ether oxygens (including phenoxy) is 1. The van der Waals surface area contributed by atoms with Gasteiger partial charge < -0.3 is 9.84 Å². The molecule has 3 saturated carbocycles. The Hall–Kier alpha value is -2.01. The average Bonchev–Trinajstić information content (AvgIpc) is 3.00. The minimum absolute atomic E-state index is 0.124. The number of Topliss-reactive ketones (excluding diaryl/α,β-unsaturated/α-hetero) is 1. The molecule has 0 radical (unpaired) electrons. The number of fused-ring (bicyclic) bond motifs is 5. The van der Waals surface area contributed by atoms with Crippen LogP contribution in [-0.4, -0.2) is 23.6 Å². The summed E-state index contributed by atoms with van der Waals surface area (Å²) in [6.45, 7) is 1.70. The number of aliphatic hydroxyl groups excluding tert-OH is 1. The van der Waals surface area contributed by atoms with Gasteiger partial charge in [-0.25, -0.2) is 0 Å². The largest absolute Gasteiger partial charge is 0.435 e. The van der Waals surface area contributed by atoms with Gasteiger partial charge in [-0.1, -0.05) is 37.6 Å². The number of allylic oxidation sites excluding steroid dienone is 2. The minimum atomic E-state index is -2.84. The van der Waals surface area contributed by atoms with E-state index in [4.69, 9.17) is 0 Å². The van der Waals surface area contributed by atoms with E-state index < -0.39 is 6.61 Å². The third-order valence-corrected chi connectivity index (χ3v) is 9.16. The molecule has 1 aromatic rings. The Balaban J connectivity index is 1.41. The van der Waals surface area contributed by atoms with Gasteiger partial charge in [0.05, 0.1) is 6.10 Å². The number of rotatable bonds is 3. The molecular formula is C27H32F2O3. The molecule has 0 spiro atoms. The lowest BCUT2D eigenvalue weighted by molar-refractivity contribution is -0.130. The van der Waals surface area contributed by atoms with E-state index >= 15 is 0 Å². The maximum Gasteiger partial charge on any atom is 0.387 e. The van der Waals surface area contributed by atoms with Crippen LogP contribution >= 0.6 is 0 Å². The highest BCUT2D eigenvalue weighted by molar-refractivity contribution is 6.05. The second-order valence-corrected chi connectivity index (χ2v) is 10.8. The van der Waals surface area contributed by atoms with Crippen molar-refractivity contribution < 1.29 is 23.4 Å². The predicted octanol–water partition coefficient (Wildman–Crippen LogP) is 6.17. The standard InChI is InChI=1S/C27H32F2O3/c1-26-11-9-19(30)15-18(26)5-8-21-22(26)10-12-27(2)23(21)14-17(24(27)31)13-16-3-6-20(7-4-16)32-25(28)29/h3-7,13,19,21-23,25,30H,8-12,14-15H2,1-2H3/b17-13-. The molecule has 3 nitrogen and oxygen atoms in total. The summed E-state index contributed by atoms with van der Waals surface area (Å²) in [5.74, 6) is 1.79. The summed E-state index contributed by atoms with van der Waals surface area (Å²) in [7, 11) is 0. The van der Waals surface area contributed by atoms with Crippen molar-refractivity contribution in [2.45, 2.75) is 71.5 Å². The summed E-state index contributed by atoms with van der Waals surface area (Å²) in [5.41, 5.74) is 2.97. The third-order valence-electron chi connectivity index (χ3n) is 9.16. The second-order valence-electron chi connectivity index (χ2n) is 10.8.